The summed E-state index contributed by atoms with van der Waals surface area (Å²) < 4.78 is 31.5. The zero-order chi connectivity index (χ0) is 26.3. The first kappa shape index (κ1) is 26.7. The molecule has 3 heterocycles. The fourth-order valence-electron chi connectivity index (χ4n) is 3.91. The van der Waals surface area contributed by atoms with Crippen LogP contribution in [0.1, 0.15) is 11.1 Å². The fraction of sp³-hybridized carbons (Fsp3) is 0.360. The first-order valence-corrected chi connectivity index (χ1v) is 13.7. The number of nitrogens with zero attached hydrogens (tertiary/aromatic N) is 6. The average Bonchev–Trinajstić information content (AvgIpc) is 2.94. The number of aromatic nitrogens is 3. The van der Waals surface area contributed by atoms with Gasteiger partial charge in [-0.3, -0.25) is 0 Å². The molecule has 0 saturated carbocycles. The maximum atomic E-state index is 13.1. The van der Waals surface area contributed by atoms with Crippen molar-refractivity contribution in [2.45, 2.75) is 6.61 Å². The average molecular weight is 651 g/mol. The van der Waals surface area contributed by atoms with Gasteiger partial charge in [0.1, 0.15) is 18.2 Å². The molecule has 2 fully saturated rings. The van der Waals surface area contributed by atoms with E-state index in [1.54, 1.807) is 18.3 Å². The van der Waals surface area contributed by atoms with Crippen LogP contribution in [0.4, 0.5) is 22.2 Å². The molecule has 0 bridgehead atoms. The molecule has 2 saturated heterocycles. The van der Waals surface area contributed by atoms with E-state index in [1.807, 2.05) is 12.1 Å². The second kappa shape index (κ2) is 12.8. The summed E-state index contributed by atoms with van der Waals surface area (Å²) in [5.41, 5.74) is 4.64. The van der Waals surface area contributed by atoms with Crippen LogP contribution < -0.4 is 20.0 Å². The molecule has 0 radical (unpaired) electrons. The lowest BCUT2D eigenvalue weighted by Crippen LogP contribution is -2.40. The predicted octanol–water partition coefficient (Wildman–Crippen LogP) is 4.23. The summed E-state index contributed by atoms with van der Waals surface area (Å²) >= 11 is 7.13. The molecule has 5 rings (SSSR count). The number of hydrazone groups is 1. The van der Waals surface area contributed by atoms with Gasteiger partial charge in [-0.2, -0.15) is 20.1 Å². The minimum atomic E-state index is -0.278. The third-order valence-corrected chi connectivity index (χ3v) is 7.07. The number of hydrogen-bond acceptors (Lipinski definition) is 10. The van der Waals surface area contributed by atoms with Crippen LogP contribution in [0.2, 0.25) is 0 Å². The van der Waals surface area contributed by atoms with Crippen LogP contribution in [0.3, 0.4) is 0 Å². The summed E-state index contributed by atoms with van der Waals surface area (Å²) in [6, 6.07) is 9.99. The molecule has 200 valence electrons. The molecule has 13 heteroatoms. The van der Waals surface area contributed by atoms with E-state index in [-0.39, 0.29) is 5.82 Å². The number of morpholine rings is 2. The quantitative estimate of drug-likeness (QED) is 0.284. The minimum absolute atomic E-state index is 0.278. The Balaban J connectivity index is 1.29. The molecule has 2 aliphatic heterocycles. The van der Waals surface area contributed by atoms with Crippen molar-refractivity contribution in [1.29, 1.82) is 0 Å². The molecule has 2 aromatic carbocycles. The fourth-order valence-corrected chi connectivity index (χ4v) is 5.36. The molecule has 0 spiro atoms. The van der Waals surface area contributed by atoms with E-state index in [0.717, 1.165) is 20.1 Å². The van der Waals surface area contributed by atoms with Crippen LogP contribution in [-0.4, -0.2) is 73.8 Å². The number of nitrogens with one attached hydrogen (secondary N) is 1. The number of rotatable bonds is 8. The van der Waals surface area contributed by atoms with Gasteiger partial charge < -0.3 is 24.0 Å². The Bertz CT molecular complexity index is 1210. The Hall–Kier alpha value is -2.87. The van der Waals surface area contributed by atoms with Crippen molar-refractivity contribution >= 4 is 55.9 Å². The maximum absolute atomic E-state index is 13.1. The second-order valence-electron chi connectivity index (χ2n) is 8.56. The first-order valence-electron chi connectivity index (χ1n) is 12.1. The van der Waals surface area contributed by atoms with E-state index >= 15 is 0 Å². The zero-order valence-corrected chi connectivity index (χ0v) is 23.6. The van der Waals surface area contributed by atoms with Crippen molar-refractivity contribution in [2.75, 3.05) is 67.8 Å². The van der Waals surface area contributed by atoms with E-state index in [4.69, 9.17) is 19.2 Å². The van der Waals surface area contributed by atoms with Gasteiger partial charge in [0.25, 0.3) is 0 Å². The van der Waals surface area contributed by atoms with Gasteiger partial charge in [-0.15, -0.1) is 0 Å². The van der Waals surface area contributed by atoms with Crippen LogP contribution in [0.5, 0.6) is 5.75 Å². The third kappa shape index (κ3) is 6.95. The summed E-state index contributed by atoms with van der Waals surface area (Å²) in [7, 11) is 0. The lowest BCUT2D eigenvalue weighted by atomic mass is 10.2. The molecule has 10 nitrogen and oxygen atoms in total. The molecule has 1 N–H and O–H groups in total. The summed E-state index contributed by atoms with van der Waals surface area (Å²) in [5.74, 6) is 1.91. The van der Waals surface area contributed by atoms with Gasteiger partial charge in [0.15, 0.2) is 0 Å². The second-order valence-corrected chi connectivity index (χ2v) is 10.3. The molecule has 1 aromatic heterocycles. The van der Waals surface area contributed by atoms with E-state index in [1.165, 1.54) is 12.1 Å². The summed E-state index contributed by atoms with van der Waals surface area (Å²) in [6.45, 7) is 5.70. The summed E-state index contributed by atoms with van der Waals surface area (Å²) in [4.78, 5) is 18.1. The van der Waals surface area contributed by atoms with Crippen molar-refractivity contribution in [3.8, 4) is 5.75 Å². The minimum Gasteiger partial charge on any atom is -0.487 e. The van der Waals surface area contributed by atoms with Crippen LogP contribution in [-0.2, 0) is 16.1 Å². The third-order valence-electron chi connectivity index (χ3n) is 5.89. The topological polar surface area (TPSA) is 97.2 Å². The highest BCUT2D eigenvalue weighted by atomic mass is 79.9. The standard InChI is InChI=1S/C25H26Br2FN7O3/c26-20-13-18(14-21(27)22(20)38-16-17-1-3-19(28)4-2-17)15-29-33-23-30-24(34-5-9-36-10-6-34)32-25(31-23)35-7-11-37-12-8-35/h1-4,13-15H,5-12,16H2,(H,30,31,32,33)/b29-15-. The van der Waals surface area contributed by atoms with E-state index < -0.39 is 0 Å². The SMILES string of the molecule is Fc1ccc(COc2c(Br)cc(/C=N\Nc3nc(N4CCOCC4)nc(N4CCOCC4)n3)cc2Br)cc1. The molecule has 38 heavy (non-hydrogen) atoms. The summed E-state index contributed by atoms with van der Waals surface area (Å²) in [5, 5.41) is 4.37. The predicted molar refractivity (Wildman–Crippen MR) is 150 cm³/mol. The Morgan fingerprint density at radius 2 is 1.45 bits per heavy atom. The molecule has 0 aliphatic carbocycles. The monoisotopic (exact) mass is 649 g/mol. The smallest absolute Gasteiger partial charge is 0.250 e. The number of hydrogen-bond donors (Lipinski definition) is 1. The number of anilines is 3. The largest absolute Gasteiger partial charge is 0.487 e. The normalized spacial score (nSPS) is 16.2. The van der Waals surface area contributed by atoms with E-state index in [2.05, 4.69) is 62.2 Å². The number of halogens is 3. The first-order chi connectivity index (χ1) is 18.5. The molecule has 3 aromatic rings. The molecular formula is C25H26Br2FN7O3. The van der Waals surface area contributed by atoms with Crippen LogP contribution >= 0.6 is 31.9 Å². The molecule has 0 amide bonds. The highest BCUT2D eigenvalue weighted by molar-refractivity contribution is 9.11. The summed E-state index contributed by atoms with van der Waals surface area (Å²) in [6.07, 6.45) is 1.67. The van der Waals surface area contributed by atoms with Gasteiger partial charge >= 0.3 is 0 Å². The molecule has 2 aliphatic rings. The van der Waals surface area contributed by atoms with Crippen molar-refractivity contribution in [1.82, 2.24) is 15.0 Å². The van der Waals surface area contributed by atoms with Crippen LogP contribution in [0.25, 0.3) is 0 Å². The maximum Gasteiger partial charge on any atom is 0.250 e. The van der Waals surface area contributed by atoms with Gasteiger partial charge in [0.05, 0.1) is 41.6 Å². The van der Waals surface area contributed by atoms with Gasteiger partial charge in [0.2, 0.25) is 17.8 Å². The Morgan fingerprint density at radius 3 is 2.00 bits per heavy atom. The van der Waals surface area contributed by atoms with E-state index in [9.17, 15) is 4.39 Å². The van der Waals surface area contributed by atoms with Gasteiger partial charge in [0, 0.05) is 26.2 Å². The Labute approximate surface area is 236 Å². The van der Waals surface area contributed by atoms with Crippen molar-refractivity contribution < 1.29 is 18.6 Å². The Kier molecular flexibility index (Phi) is 8.99. The number of benzene rings is 2. The molecular weight excluding hydrogens is 625 g/mol. The molecule has 0 atom stereocenters. The highest BCUT2D eigenvalue weighted by Gasteiger charge is 2.20. The van der Waals surface area contributed by atoms with Crippen molar-refractivity contribution in [3.63, 3.8) is 0 Å². The zero-order valence-electron chi connectivity index (χ0n) is 20.4. The highest BCUT2D eigenvalue weighted by Crippen LogP contribution is 2.35. The molecule has 0 unspecified atom stereocenters. The van der Waals surface area contributed by atoms with Crippen molar-refractivity contribution in [3.05, 3.63) is 62.3 Å². The van der Waals surface area contributed by atoms with Gasteiger partial charge in [-0.25, -0.2) is 9.82 Å². The van der Waals surface area contributed by atoms with E-state index in [0.29, 0.717) is 82.8 Å². The number of ether oxygens (including phenoxy) is 3. The van der Waals surface area contributed by atoms with Gasteiger partial charge in [-0.1, -0.05) is 12.1 Å². The van der Waals surface area contributed by atoms with Crippen molar-refractivity contribution in [2.24, 2.45) is 5.10 Å². The van der Waals surface area contributed by atoms with Gasteiger partial charge in [-0.05, 0) is 67.3 Å². The lowest BCUT2D eigenvalue weighted by Gasteiger charge is -2.30. The Morgan fingerprint density at radius 1 is 0.895 bits per heavy atom. The lowest BCUT2D eigenvalue weighted by molar-refractivity contribution is 0.121. The van der Waals surface area contributed by atoms with Crippen LogP contribution in [0.15, 0.2) is 50.4 Å². The van der Waals surface area contributed by atoms with Crippen LogP contribution in [0, 0.1) is 5.82 Å².